The second-order valence-electron chi connectivity index (χ2n) is 6.23. The molecule has 130 valence electrons. The van der Waals surface area contributed by atoms with Crippen LogP contribution in [0.4, 0.5) is 5.69 Å². The number of rotatable bonds is 4. The van der Waals surface area contributed by atoms with E-state index in [4.69, 9.17) is 4.74 Å². The van der Waals surface area contributed by atoms with Gasteiger partial charge in [-0.05, 0) is 45.6 Å². The van der Waals surface area contributed by atoms with E-state index in [0.717, 1.165) is 19.3 Å². The molecular weight excluding hydrogens is 312 g/mol. The summed E-state index contributed by atoms with van der Waals surface area (Å²) in [7, 11) is 0. The van der Waals surface area contributed by atoms with Crippen molar-refractivity contribution in [2.75, 3.05) is 6.61 Å². The molecule has 1 aliphatic heterocycles. The molecule has 0 saturated carbocycles. The number of likely N-dealkylation sites (tertiary alicyclic amines) is 1. The fourth-order valence-corrected chi connectivity index (χ4v) is 3.26. The number of piperidine rings is 1. The first-order chi connectivity index (χ1) is 11.3. The lowest BCUT2D eigenvalue weighted by molar-refractivity contribution is -0.385. The van der Waals surface area contributed by atoms with Crippen LogP contribution in [0.5, 0.6) is 0 Å². The molecule has 1 amide bonds. The highest BCUT2D eigenvalue weighted by Gasteiger charge is 2.30. The summed E-state index contributed by atoms with van der Waals surface area (Å²) in [6, 6.07) is 4.56. The number of carbonyl (C=O) groups excluding carboxylic acids is 2. The molecule has 1 aromatic rings. The second kappa shape index (κ2) is 7.42. The highest BCUT2D eigenvalue weighted by atomic mass is 16.6. The third-order valence-electron chi connectivity index (χ3n) is 4.46. The lowest BCUT2D eigenvalue weighted by atomic mass is 9.97. The van der Waals surface area contributed by atoms with Crippen LogP contribution in [0.3, 0.4) is 0 Å². The minimum atomic E-state index is -0.842. The molecule has 0 aromatic heterocycles. The van der Waals surface area contributed by atoms with E-state index in [2.05, 4.69) is 0 Å². The van der Waals surface area contributed by atoms with E-state index in [0.29, 0.717) is 5.56 Å². The summed E-state index contributed by atoms with van der Waals surface area (Å²) in [6.07, 6.45) is 2.92. The van der Waals surface area contributed by atoms with Gasteiger partial charge in [0.25, 0.3) is 11.6 Å². The molecule has 0 N–H and O–H groups in total. The van der Waals surface area contributed by atoms with Crippen LogP contribution in [0.1, 0.15) is 49.0 Å². The lowest BCUT2D eigenvalue weighted by Gasteiger charge is -2.38. The SMILES string of the molecule is Cc1cccc([N+](=O)[O-])c1C(=O)OCC(=O)N1[C@H](C)CCC[C@@H]1C. The van der Waals surface area contributed by atoms with Gasteiger partial charge in [0, 0.05) is 18.2 Å². The van der Waals surface area contributed by atoms with Crippen molar-refractivity contribution in [3.63, 3.8) is 0 Å². The Morgan fingerprint density at radius 1 is 1.29 bits per heavy atom. The largest absolute Gasteiger partial charge is 0.452 e. The van der Waals surface area contributed by atoms with Crippen LogP contribution in [-0.4, -0.2) is 40.4 Å². The zero-order chi connectivity index (χ0) is 17.9. The summed E-state index contributed by atoms with van der Waals surface area (Å²) in [6.45, 7) is 5.14. The van der Waals surface area contributed by atoms with Gasteiger partial charge in [0.15, 0.2) is 6.61 Å². The molecule has 7 nitrogen and oxygen atoms in total. The first-order valence-corrected chi connectivity index (χ1v) is 8.05. The Hall–Kier alpha value is -2.44. The van der Waals surface area contributed by atoms with Crippen molar-refractivity contribution in [1.29, 1.82) is 0 Å². The van der Waals surface area contributed by atoms with Crippen LogP contribution in [-0.2, 0) is 9.53 Å². The maximum Gasteiger partial charge on any atom is 0.345 e. The van der Waals surface area contributed by atoms with E-state index in [1.165, 1.54) is 12.1 Å². The number of aryl methyl sites for hydroxylation is 1. The smallest absolute Gasteiger partial charge is 0.345 e. The Bertz CT molecular complexity index is 648. The Balaban J connectivity index is 2.08. The average Bonchev–Trinajstić information content (AvgIpc) is 2.52. The summed E-state index contributed by atoms with van der Waals surface area (Å²) in [5, 5.41) is 11.1. The van der Waals surface area contributed by atoms with Crippen LogP contribution in [0.25, 0.3) is 0 Å². The second-order valence-corrected chi connectivity index (χ2v) is 6.23. The molecule has 1 heterocycles. The summed E-state index contributed by atoms with van der Waals surface area (Å²) < 4.78 is 5.08. The molecule has 24 heavy (non-hydrogen) atoms. The molecule has 2 atom stereocenters. The molecule has 0 radical (unpaired) electrons. The molecule has 2 rings (SSSR count). The van der Waals surface area contributed by atoms with Crippen molar-refractivity contribution >= 4 is 17.6 Å². The Morgan fingerprint density at radius 3 is 2.50 bits per heavy atom. The molecule has 0 bridgehead atoms. The summed E-state index contributed by atoms with van der Waals surface area (Å²) >= 11 is 0. The number of benzene rings is 1. The van der Waals surface area contributed by atoms with Crippen molar-refractivity contribution in [2.24, 2.45) is 0 Å². The number of esters is 1. The number of nitrogens with zero attached hydrogens (tertiary/aromatic N) is 2. The number of nitro benzene ring substituents is 1. The monoisotopic (exact) mass is 334 g/mol. The maximum atomic E-state index is 12.4. The minimum absolute atomic E-state index is 0.102. The van der Waals surface area contributed by atoms with Gasteiger partial charge in [0.1, 0.15) is 5.56 Å². The number of ether oxygens (including phenoxy) is 1. The van der Waals surface area contributed by atoms with Crippen molar-refractivity contribution in [1.82, 2.24) is 4.90 Å². The molecule has 0 unspecified atom stereocenters. The number of amides is 1. The van der Waals surface area contributed by atoms with E-state index in [1.54, 1.807) is 17.9 Å². The highest BCUT2D eigenvalue weighted by molar-refractivity contribution is 5.96. The van der Waals surface area contributed by atoms with Gasteiger partial charge >= 0.3 is 5.97 Å². The molecule has 7 heteroatoms. The first-order valence-electron chi connectivity index (χ1n) is 8.05. The number of hydrogen-bond donors (Lipinski definition) is 0. The molecule has 1 aromatic carbocycles. The van der Waals surface area contributed by atoms with E-state index in [9.17, 15) is 19.7 Å². The number of carbonyl (C=O) groups is 2. The van der Waals surface area contributed by atoms with Crippen LogP contribution < -0.4 is 0 Å². The van der Waals surface area contributed by atoms with E-state index in [-0.39, 0.29) is 29.2 Å². The molecule has 0 aliphatic carbocycles. The molecule has 1 saturated heterocycles. The van der Waals surface area contributed by atoms with Gasteiger partial charge < -0.3 is 9.64 Å². The van der Waals surface area contributed by atoms with Crippen molar-refractivity contribution in [3.05, 3.63) is 39.4 Å². The van der Waals surface area contributed by atoms with Crippen molar-refractivity contribution in [3.8, 4) is 0 Å². The number of nitro groups is 1. The van der Waals surface area contributed by atoms with Gasteiger partial charge in [-0.15, -0.1) is 0 Å². The third kappa shape index (κ3) is 3.72. The zero-order valence-electron chi connectivity index (χ0n) is 14.2. The topological polar surface area (TPSA) is 89.7 Å². The Kier molecular flexibility index (Phi) is 5.54. The van der Waals surface area contributed by atoms with Gasteiger partial charge in [-0.1, -0.05) is 12.1 Å². The van der Waals surface area contributed by atoms with Crippen LogP contribution in [0.15, 0.2) is 18.2 Å². The fraction of sp³-hybridized carbons (Fsp3) is 0.529. The first kappa shape index (κ1) is 17.9. The zero-order valence-corrected chi connectivity index (χ0v) is 14.2. The quantitative estimate of drug-likeness (QED) is 0.480. The van der Waals surface area contributed by atoms with E-state index < -0.39 is 17.5 Å². The predicted molar refractivity (Wildman–Crippen MR) is 87.7 cm³/mol. The average molecular weight is 334 g/mol. The molecule has 1 aliphatic rings. The maximum absolute atomic E-state index is 12.4. The Labute approximate surface area is 140 Å². The summed E-state index contributed by atoms with van der Waals surface area (Å²) in [4.78, 5) is 36.8. The lowest BCUT2D eigenvalue weighted by Crippen LogP contribution is -2.49. The van der Waals surface area contributed by atoms with Gasteiger partial charge in [-0.3, -0.25) is 14.9 Å². The molecular formula is C17H22N2O5. The van der Waals surface area contributed by atoms with Gasteiger partial charge in [-0.25, -0.2) is 4.79 Å². The molecule has 1 fully saturated rings. The van der Waals surface area contributed by atoms with Gasteiger partial charge in [0.05, 0.1) is 4.92 Å². The Morgan fingerprint density at radius 2 is 1.92 bits per heavy atom. The van der Waals surface area contributed by atoms with Crippen LogP contribution in [0, 0.1) is 17.0 Å². The number of hydrogen-bond acceptors (Lipinski definition) is 5. The van der Waals surface area contributed by atoms with E-state index >= 15 is 0 Å². The van der Waals surface area contributed by atoms with Gasteiger partial charge in [0.2, 0.25) is 0 Å². The van der Waals surface area contributed by atoms with Gasteiger partial charge in [-0.2, -0.15) is 0 Å². The predicted octanol–water partition coefficient (Wildman–Crippen LogP) is 2.85. The minimum Gasteiger partial charge on any atom is -0.452 e. The van der Waals surface area contributed by atoms with E-state index in [1.807, 2.05) is 13.8 Å². The fourth-order valence-electron chi connectivity index (χ4n) is 3.26. The van der Waals surface area contributed by atoms with Crippen LogP contribution >= 0.6 is 0 Å². The van der Waals surface area contributed by atoms with Crippen LogP contribution in [0.2, 0.25) is 0 Å². The normalized spacial score (nSPS) is 20.5. The highest BCUT2D eigenvalue weighted by Crippen LogP contribution is 2.24. The summed E-state index contributed by atoms with van der Waals surface area (Å²) in [5.41, 5.74) is 0.0311. The summed E-state index contributed by atoms with van der Waals surface area (Å²) in [5.74, 6) is -1.11. The van der Waals surface area contributed by atoms with Crippen molar-refractivity contribution < 1.29 is 19.2 Å². The molecule has 0 spiro atoms. The standard InChI is InChI=1S/C17H22N2O5/c1-11-6-4-9-14(19(22)23)16(11)17(21)24-10-15(20)18-12(2)7-5-8-13(18)3/h4,6,9,12-13H,5,7-8,10H2,1-3H3/t12-,13+. The van der Waals surface area contributed by atoms with Crippen molar-refractivity contribution in [2.45, 2.75) is 52.1 Å². The third-order valence-corrected chi connectivity index (χ3v) is 4.46.